The molecular weight excluding hydrogens is 550 g/mol. The molecule has 2 aromatic carbocycles. The smallest absolute Gasteiger partial charge is 0.152 e. The molecule has 0 aliphatic carbocycles. The second kappa shape index (κ2) is 17.7. The topological polar surface area (TPSA) is 60.0 Å². The Kier molecular flexibility index (Phi) is 13.7. The molecule has 0 radical (unpaired) electrons. The lowest BCUT2D eigenvalue weighted by Gasteiger charge is -2.36. The van der Waals surface area contributed by atoms with Crippen LogP contribution in [0.3, 0.4) is 0 Å². The van der Waals surface area contributed by atoms with Crippen molar-refractivity contribution in [3.63, 3.8) is 0 Å². The normalized spacial score (nSPS) is 12.2. The molecule has 0 amide bonds. The van der Waals surface area contributed by atoms with E-state index in [1.807, 2.05) is 12.1 Å². The van der Waals surface area contributed by atoms with Crippen LogP contribution in [0.15, 0.2) is 48.5 Å². The Morgan fingerprint density at radius 1 is 0.689 bits per heavy atom. The fourth-order valence-electron chi connectivity index (χ4n) is 6.55. The number of hydrogen-bond donors (Lipinski definition) is 1. The average Bonchev–Trinajstić information content (AvgIpc) is 3.39. The predicted octanol–water partition coefficient (Wildman–Crippen LogP) is 10.9. The first-order chi connectivity index (χ1) is 21.8. The molecule has 0 saturated heterocycles. The second-order valence-corrected chi connectivity index (χ2v) is 14.2. The van der Waals surface area contributed by atoms with E-state index in [0.29, 0.717) is 5.82 Å². The van der Waals surface area contributed by atoms with E-state index in [9.17, 15) is 0 Å². The van der Waals surface area contributed by atoms with E-state index in [1.54, 1.807) is 0 Å². The Balaban J connectivity index is 1.34. The van der Waals surface area contributed by atoms with E-state index in [-0.39, 0.29) is 5.54 Å². The summed E-state index contributed by atoms with van der Waals surface area (Å²) in [5, 5.41) is 1.12. The molecule has 0 bridgehead atoms. The van der Waals surface area contributed by atoms with Gasteiger partial charge < -0.3 is 10.3 Å². The summed E-state index contributed by atoms with van der Waals surface area (Å²) in [5.41, 5.74) is 12.1. The number of nitrogens with zero attached hydrogens (tertiary/aromatic N) is 4. The first kappa shape index (κ1) is 34.9. The molecule has 0 unspecified atom stereocenters. The molecule has 0 aliphatic heterocycles. The number of rotatable bonds is 20. The van der Waals surface area contributed by atoms with Gasteiger partial charge in [-0.1, -0.05) is 133 Å². The van der Waals surface area contributed by atoms with Gasteiger partial charge in [-0.25, -0.2) is 9.97 Å². The molecule has 45 heavy (non-hydrogen) atoms. The number of hydrogen-bond acceptors (Lipinski definition) is 4. The van der Waals surface area contributed by atoms with Gasteiger partial charge in [0.2, 0.25) is 0 Å². The van der Waals surface area contributed by atoms with Gasteiger partial charge in [-0.2, -0.15) is 0 Å². The fourth-order valence-corrected chi connectivity index (χ4v) is 6.55. The van der Waals surface area contributed by atoms with Crippen LogP contribution in [0.4, 0.5) is 5.82 Å². The number of nitrogen functional groups attached to an aromatic ring is 1. The lowest BCUT2D eigenvalue weighted by molar-refractivity contribution is 0.124. The predicted molar refractivity (Wildman–Crippen MR) is 195 cm³/mol. The highest BCUT2D eigenvalue weighted by atomic mass is 15.2. The maximum absolute atomic E-state index is 6.43. The quantitative estimate of drug-likeness (QED) is 0.101. The zero-order valence-corrected chi connectivity index (χ0v) is 29.2. The highest BCUT2D eigenvalue weighted by molar-refractivity contribution is 6.06. The summed E-state index contributed by atoms with van der Waals surface area (Å²) in [6.07, 6.45) is 19.9. The highest BCUT2D eigenvalue weighted by Gasteiger charge is 2.21. The summed E-state index contributed by atoms with van der Waals surface area (Å²) in [5.74, 6) is 1.62. The van der Waals surface area contributed by atoms with Gasteiger partial charge in [-0.3, -0.25) is 4.90 Å². The van der Waals surface area contributed by atoms with E-state index in [1.165, 1.54) is 88.2 Å². The monoisotopic (exact) mass is 611 g/mol. The zero-order valence-electron chi connectivity index (χ0n) is 29.2. The zero-order chi connectivity index (χ0) is 32.1. The molecule has 2 N–H and O–H groups in total. The number of para-hydroxylation sites is 1. The van der Waals surface area contributed by atoms with Crippen molar-refractivity contribution in [2.24, 2.45) is 0 Å². The van der Waals surface area contributed by atoms with E-state index in [2.05, 4.69) is 85.5 Å². The van der Waals surface area contributed by atoms with Crippen LogP contribution >= 0.6 is 0 Å². The van der Waals surface area contributed by atoms with Crippen molar-refractivity contribution >= 4 is 27.8 Å². The molecule has 0 fully saturated rings. The molecule has 0 spiro atoms. The van der Waals surface area contributed by atoms with Crippen molar-refractivity contribution in [2.75, 3.05) is 12.3 Å². The first-order valence-corrected chi connectivity index (χ1v) is 18.2. The SMILES string of the molecule is CCCCCCCCCCCCCCN(Cc1ccc(Cn2c(CCCC)nc3c(N)nc4ccccc4c32)cc1)C(C)(C)C. The van der Waals surface area contributed by atoms with Gasteiger partial charge in [-0.15, -0.1) is 0 Å². The van der Waals surface area contributed by atoms with Gasteiger partial charge in [0.15, 0.2) is 5.82 Å². The standard InChI is InChI=1S/C40H61N5/c1-6-8-10-11-12-13-14-15-16-17-18-21-29-44(40(3,4)5)30-32-25-27-33(28-26-32)31-45-36(24-9-7-2)43-37-38(45)34-22-19-20-23-35(34)42-39(37)41/h19-20,22-23,25-28H,6-18,21,24,29-31H2,1-5H3,(H2,41,42). The lowest BCUT2D eigenvalue weighted by Crippen LogP contribution is -2.41. The lowest BCUT2D eigenvalue weighted by atomic mass is 10.0. The minimum Gasteiger partial charge on any atom is -0.382 e. The summed E-state index contributed by atoms with van der Waals surface area (Å²) >= 11 is 0. The fraction of sp³-hybridized carbons (Fsp3) is 0.600. The maximum atomic E-state index is 6.43. The van der Waals surface area contributed by atoms with Crippen molar-refractivity contribution in [3.8, 4) is 0 Å². The third kappa shape index (κ3) is 10.3. The van der Waals surface area contributed by atoms with Crippen LogP contribution < -0.4 is 5.73 Å². The van der Waals surface area contributed by atoms with Crippen molar-refractivity contribution < 1.29 is 0 Å². The third-order valence-corrected chi connectivity index (χ3v) is 9.41. The number of fused-ring (bicyclic) bond motifs is 3. The van der Waals surface area contributed by atoms with Crippen LogP contribution in [-0.2, 0) is 19.5 Å². The molecule has 0 saturated carbocycles. The average molecular weight is 612 g/mol. The number of pyridine rings is 1. The van der Waals surface area contributed by atoms with E-state index in [4.69, 9.17) is 10.7 Å². The summed E-state index contributed by atoms with van der Waals surface area (Å²) in [7, 11) is 0. The van der Waals surface area contributed by atoms with Crippen LogP contribution in [-0.4, -0.2) is 31.5 Å². The van der Waals surface area contributed by atoms with Crippen molar-refractivity contribution in [2.45, 2.75) is 150 Å². The van der Waals surface area contributed by atoms with Gasteiger partial charge in [0.25, 0.3) is 0 Å². The molecule has 246 valence electrons. The summed E-state index contributed by atoms with van der Waals surface area (Å²) in [6, 6.07) is 17.6. The van der Waals surface area contributed by atoms with Crippen LogP contribution in [0, 0.1) is 0 Å². The van der Waals surface area contributed by atoms with Gasteiger partial charge in [0, 0.05) is 30.4 Å². The van der Waals surface area contributed by atoms with Crippen LogP contribution in [0.1, 0.15) is 141 Å². The second-order valence-electron chi connectivity index (χ2n) is 14.2. The number of aryl methyl sites for hydroxylation is 1. The highest BCUT2D eigenvalue weighted by Crippen LogP contribution is 2.30. The van der Waals surface area contributed by atoms with E-state index in [0.717, 1.165) is 66.7 Å². The molecule has 5 heteroatoms. The van der Waals surface area contributed by atoms with Gasteiger partial charge >= 0.3 is 0 Å². The Hall–Kier alpha value is -2.92. The van der Waals surface area contributed by atoms with E-state index < -0.39 is 0 Å². The minimum atomic E-state index is 0.148. The van der Waals surface area contributed by atoms with Gasteiger partial charge in [0.1, 0.15) is 11.3 Å². The van der Waals surface area contributed by atoms with Crippen LogP contribution in [0.2, 0.25) is 0 Å². The Bertz CT molecular complexity index is 1430. The molecule has 2 aromatic heterocycles. The molecule has 2 heterocycles. The van der Waals surface area contributed by atoms with Crippen LogP contribution in [0.5, 0.6) is 0 Å². The molecule has 0 atom stereocenters. The van der Waals surface area contributed by atoms with Crippen molar-refractivity contribution in [1.82, 2.24) is 19.4 Å². The molecular formula is C40H61N5. The number of nitrogens with two attached hydrogens (primary N) is 1. The number of aromatic nitrogens is 3. The van der Waals surface area contributed by atoms with E-state index >= 15 is 0 Å². The summed E-state index contributed by atoms with van der Waals surface area (Å²) in [6.45, 7) is 14.5. The van der Waals surface area contributed by atoms with Gasteiger partial charge in [-0.05, 0) is 57.4 Å². The Labute approximate surface area is 274 Å². The largest absolute Gasteiger partial charge is 0.382 e. The maximum Gasteiger partial charge on any atom is 0.152 e. The molecule has 5 nitrogen and oxygen atoms in total. The molecule has 4 aromatic rings. The van der Waals surface area contributed by atoms with Crippen LogP contribution in [0.25, 0.3) is 21.9 Å². The number of unbranched alkanes of at least 4 members (excludes halogenated alkanes) is 12. The first-order valence-electron chi connectivity index (χ1n) is 18.2. The number of anilines is 1. The van der Waals surface area contributed by atoms with Crippen molar-refractivity contribution in [1.29, 1.82) is 0 Å². The van der Waals surface area contributed by atoms with Crippen molar-refractivity contribution in [3.05, 3.63) is 65.5 Å². The molecule has 4 rings (SSSR count). The Morgan fingerprint density at radius 3 is 1.89 bits per heavy atom. The molecule has 0 aliphatic rings. The van der Waals surface area contributed by atoms with Gasteiger partial charge in [0.05, 0.1) is 11.0 Å². The number of imidazole rings is 1. The summed E-state index contributed by atoms with van der Waals surface area (Å²) in [4.78, 5) is 12.3. The number of benzene rings is 2. The summed E-state index contributed by atoms with van der Waals surface area (Å²) < 4.78 is 2.38. The Morgan fingerprint density at radius 2 is 1.27 bits per heavy atom. The minimum absolute atomic E-state index is 0.148. The third-order valence-electron chi connectivity index (χ3n) is 9.41.